The SMILES string of the molecule is CCCCCCCCCCCCCCCCOC(=O)[C@]1(C)CC[C@]2(C)CC[C@]3(C)C4=CC=C5C(=CC(=O)C(O)=C5C)[C@]4(C)CC[C@@]3(C)[C@@H]2C1. The first kappa shape index (κ1) is 38.1. The first-order valence-electron chi connectivity index (χ1n) is 20.5. The van der Waals surface area contributed by atoms with Crippen molar-refractivity contribution >= 4 is 11.8 Å². The van der Waals surface area contributed by atoms with Crippen molar-refractivity contribution in [3.8, 4) is 0 Å². The third-order valence-electron chi connectivity index (χ3n) is 15.1. The molecule has 0 amide bonds. The third kappa shape index (κ3) is 7.19. The molecule has 5 rings (SSSR count). The number of unbranched alkanes of at least 4 members (excludes halogenated alkanes) is 13. The van der Waals surface area contributed by atoms with Gasteiger partial charge in [0.2, 0.25) is 5.78 Å². The van der Waals surface area contributed by atoms with Crippen LogP contribution in [0.15, 0.2) is 46.3 Å². The molecule has 274 valence electrons. The van der Waals surface area contributed by atoms with Crippen molar-refractivity contribution in [3.05, 3.63) is 46.3 Å². The number of rotatable bonds is 16. The Labute approximate surface area is 299 Å². The Bertz CT molecular complexity index is 1360. The van der Waals surface area contributed by atoms with Crippen LogP contribution in [0.5, 0.6) is 0 Å². The summed E-state index contributed by atoms with van der Waals surface area (Å²) in [6.45, 7) is 16.7. The number of fused-ring (bicyclic) bond motifs is 7. The molecule has 0 radical (unpaired) electrons. The number of carbonyl (C=O) groups is 2. The second-order valence-electron chi connectivity index (χ2n) is 18.3. The molecule has 0 aromatic heterocycles. The standard InChI is InChI=1S/C45H70O4/c1-8-9-10-11-12-13-14-15-16-17-18-19-20-21-30-49-40(48)42(4)25-24-41(3)26-28-44(6)37-23-22-34-33(2)39(47)36(46)31-35(34)43(37,5)27-29-45(44,7)38(41)32-42/h22-23,31,38,47H,8-21,24-30,32H2,1-7H3/t38-,41-,42-,43+,44-,45+/m1/s1. The van der Waals surface area contributed by atoms with Gasteiger partial charge in [0.25, 0.3) is 0 Å². The van der Waals surface area contributed by atoms with Gasteiger partial charge in [-0.2, -0.15) is 0 Å². The highest BCUT2D eigenvalue weighted by atomic mass is 16.5. The molecule has 0 aliphatic heterocycles. The fraction of sp³-hybridized carbons (Fsp3) is 0.778. The van der Waals surface area contributed by atoms with Crippen molar-refractivity contribution in [1.29, 1.82) is 0 Å². The lowest BCUT2D eigenvalue weighted by molar-refractivity contribution is -0.182. The van der Waals surface area contributed by atoms with Gasteiger partial charge < -0.3 is 9.84 Å². The lowest BCUT2D eigenvalue weighted by Gasteiger charge is -2.70. The van der Waals surface area contributed by atoms with Crippen LogP contribution >= 0.6 is 0 Å². The second kappa shape index (κ2) is 15.2. The van der Waals surface area contributed by atoms with Crippen LogP contribution in [0.25, 0.3) is 0 Å². The fourth-order valence-electron chi connectivity index (χ4n) is 11.3. The molecule has 5 aliphatic carbocycles. The van der Waals surface area contributed by atoms with Crippen LogP contribution < -0.4 is 0 Å². The number of ether oxygens (including phenoxy) is 1. The summed E-state index contributed by atoms with van der Waals surface area (Å²) in [5.41, 5.74) is 3.80. The van der Waals surface area contributed by atoms with Crippen LogP contribution in [-0.4, -0.2) is 23.5 Å². The molecule has 1 N–H and O–H groups in total. The van der Waals surface area contributed by atoms with Gasteiger partial charge in [-0.3, -0.25) is 9.59 Å². The van der Waals surface area contributed by atoms with Crippen molar-refractivity contribution in [1.82, 2.24) is 0 Å². The van der Waals surface area contributed by atoms with Gasteiger partial charge >= 0.3 is 5.97 Å². The van der Waals surface area contributed by atoms with Gasteiger partial charge in [-0.25, -0.2) is 0 Å². The lowest BCUT2D eigenvalue weighted by atomic mass is 9.34. The van der Waals surface area contributed by atoms with E-state index in [0.717, 1.165) is 68.9 Å². The molecule has 3 saturated carbocycles. The van der Waals surface area contributed by atoms with Crippen molar-refractivity contribution in [2.45, 2.75) is 183 Å². The number of aliphatic hydroxyl groups excluding tert-OH is 1. The number of hydrogen-bond donors (Lipinski definition) is 1. The van der Waals surface area contributed by atoms with E-state index in [1.807, 2.05) is 6.92 Å². The molecular weight excluding hydrogens is 604 g/mol. The van der Waals surface area contributed by atoms with Gasteiger partial charge in [-0.1, -0.05) is 136 Å². The molecule has 0 unspecified atom stereocenters. The molecule has 4 nitrogen and oxygen atoms in total. The highest BCUT2D eigenvalue weighted by molar-refractivity contribution is 6.06. The number of aliphatic hydroxyl groups is 1. The minimum Gasteiger partial charge on any atom is -0.504 e. The number of hydrogen-bond acceptors (Lipinski definition) is 4. The van der Waals surface area contributed by atoms with Gasteiger partial charge in [-0.15, -0.1) is 0 Å². The zero-order valence-electron chi connectivity index (χ0n) is 32.5. The smallest absolute Gasteiger partial charge is 0.311 e. The van der Waals surface area contributed by atoms with E-state index in [2.05, 4.69) is 53.7 Å². The third-order valence-corrected chi connectivity index (χ3v) is 15.1. The fourth-order valence-corrected chi connectivity index (χ4v) is 11.3. The highest BCUT2D eigenvalue weighted by Gasteiger charge is 2.67. The lowest BCUT2D eigenvalue weighted by Crippen LogP contribution is -2.62. The monoisotopic (exact) mass is 675 g/mol. The molecule has 0 spiro atoms. The van der Waals surface area contributed by atoms with E-state index in [1.54, 1.807) is 6.08 Å². The van der Waals surface area contributed by atoms with Crippen molar-refractivity contribution in [3.63, 3.8) is 0 Å². The summed E-state index contributed by atoms with van der Waals surface area (Å²) in [7, 11) is 0. The minimum atomic E-state index is -0.437. The highest BCUT2D eigenvalue weighted by Crippen LogP contribution is 2.75. The number of ketones is 1. The quantitative estimate of drug-likeness (QED) is 0.131. The molecule has 0 bridgehead atoms. The molecule has 0 heterocycles. The van der Waals surface area contributed by atoms with Crippen molar-refractivity contribution in [2.75, 3.05) is 6.61 Å². The van der Waals surface area contributed by atoms with Crippen LogP contribution in [0.1, 0.15) is 183 Å². The Morgan fingerprint density at radius 3 is 1.96 bits per heavy atom. The maximum atomic E-state index is 13.8. The predicted octanol–water partition coefficient (Wildman–Crippen LogP) is 12.6. The molecule has 0 aromatic carbocycles. The summed E-state index contributed by atoms with van der Waals surface area (Å²) < 4.78 is 6.07. The van der Waals surface area contributed by atoms with Gasteiger partial charge in [0.1, 0.15) is 0 Å². The van der Waals surface area contributed by atoms with Crippen molar-refractivity contribution in [2.24, 2.45) is 33.0 Å². The zero-order valence-corrected chi connectivity index (χ0v) is 32.5. The van der Waals surface area contributed by atoms with Crippen LogP contribution in [-0.2, 0) is 14.3 Å². The van der Waals surface area contributed by atoms with Gasteiger partial charge in [0.15, 0.2) is 5.76 Å². The Morgan fingerprint density at radius 1 is 0.776 bits per heavy atom. The molecule has 0 aromatic rings. The molecule has 3 fully saturated rings. The Hall–Kier alpha value is -2.10. The van der Waals surface area contributed by atoms with E-state index in [9.17, 15) is 14.7 Å². The van der Waals surface area contributed by atoms with Crippen LogP contribution in [0.3, 0.4) is 0 Å². The molecule has 4 heteroatoms. The number of esters is 1. The summed E-state index contributed by atoms with van der Waals surface area (Å²) in [6.07, 6.45) is 32.0. The first-order valence-corrected chi connectivity index (χ1v) is 20.5. The Kier molecular flexibility index (Phi) is 11.9. The Balaban J connectivity index is 1.14. The predicted molar refractivity (Wildman–Crippen MR) is 202 cm³/mol. The summed E-state index contributed by atoms with van der Waals surface area (Å²) >= 11 is 0. The summed E-state index contributed by atoms with van der Waals surface area (Å²) in [4.78, 5) is 26.6. The van der Waals surface area contributed by atoms with E-state index in [0.29, 0.717) is 18.1 Å². The van der Waals surface area contributed by atoms with Gasteiger partial charge in [-0.05, 0) is 105 Å². The largest absolute Gasteiger partial charge is 0.504 e. The first-order chi connectivity index (χ1) is 23.3. The average molecular weight is 675 g/mol. The van der Waals surface area contributed by atoms with Gasteiger partial charge in [0, 0.05) is 11.0 Å². The molecule has 49 heavy (non-hydrogen) atoms. The van der Waals surface area contributed by atoms with E-state index >= 15 is 0 Å². The van der Waals surface area contributed by atoms with Gasteiger partial charge in [0.05, 0.1) is 12.0 Å². The van der Waals surface area contributed by atoms with E-state index in [1.165, 1.54) is 82.6 Å². The van der Waals surface area contributed by atoms with Crippen molar-refractivity contribution < 1.29 is 19.4 Å². The topological polar surface area (TPSA) is 63.6 Å². The summed E-state index contributed by atoms with van der Waals surface area (Å²) in [6, 6.07) is 0. The zero-order chi connectivity index (χ0) is 35.5. The van der Waals surface area contributed by atoms with Crippen LogP contribution in [0, 0.1) is 33.0 Å². The van der Waals surface area contributed by atoms with E-state index in [4.69, 9.17) is 4.74 Å². The number of carbonyl (C=O) groups excluding carboxylic acids is 2. The van der Waals surface area contributed by atoms with E-state index < -0.39 is 5.41 Å². The molecular formula is C45H70O4. The maximum Gasteiger partial charge on any atom is 0.311 e. The summed E-state index contributed by atoms with van der Waals surface area (Å²) in [5.74, 6) is 0.0682. The average Bonchev–Trinajstić information content (AvgIpc) is 3.07. The maximum absolute atomic E-state index is 13.8. The van der Waals surface area contributed by atoms with Crippen LogP contribution in [0.4, 0.5) is 0 Å². The Morgan fingerprint density at radius 2 is 1.35 bits per heavy atom. The molecule has 6 atom stereocenters. The summed E-state index contributed by atoms with van der Waals surface area (Å²) in [5, 5.41) is 10.4. The van der Waals surface area contributed by atoms with Crippen LogP contribution in [0.2, 0.25) is 0 Å². The second-order valence-corrected chi connectivity index (χ2v) is 18.3. The molecule has 0 saturated heterocycles. The number of allylic oxidation sites excluding steroid dienone is 7. The van der Waals surface area contributed by atoms with E-state index in [-0.39, 0.29) is 39.2 Å². The minimum absolute atomic E-state index is 0.0261. The molecule has 5 aliphatic rings. The normalized spacial score (nSPS) is 35.4.